The van der Waals surface area contributed by atoms with E-state index in [2.05, 4.69) is 9.37 Å². The zero-order chi connectivity index (χ0) is 13.1. The fraction of sp³-hybridized carbons (Fsp3) is 0. The van der Waals surface area contributed by atoms with E-state index < -0.39 is 21.0 Å². The van der Waals surface area contributed by atoms with Crippen molar-refractivity contribution in [2.24, 2.45) is 0 Å². The van der Waals surface area contributed by atoms with Crippen LogP contribution in [0.15, 0.2) is 28.0 Å². The molecule has 0 radical (unpaired) electrons. The average Bonchev–Trinajstić information content (AvgIpc) is 2.24. The molecule has 10 heteroatoms. The molecule has 0 saturated heterocycles. The van der Waals surface area contributed by atoms with E-state index in [0.29, 0.717) is 12.0 Å². The zero-order valence-corrected chi connectivity index (χ0v) is 9.56. The topological polar surface area (TPSA) is 130 Å². The number of hydrogen-bond acceptors (Lipinski definition) is 7. The monoisotopic (exact) mass is 282 g/mol. The Kier molecular flexibility index (Phi) is 4.45. The van der Waals surface area contributed by atoms with Gasteiger partial charge in [0.15, 0.2) is 0 Å². The van der Waals surface area contributed by atoms with Crippen LogP contribution in [0, 0.1) is 0 Å². The van der Waals surface area contributed by atoms with E-state index in [1.165, 1.54) is 0 Å². The molecule has 1 rings (SSSR count). The van der Waals surface area contributed by atoms with Gasteiger partial charge in [0.2, 0.25) is 0 Å². The molecule has 1 aromatic carbocycles. The molecule has 0 amide bonds. The van der Waals surface area contributed by atoms with Gasteiger partial charge in [0.05, 0.1) is 22.5 Å². The van der Waals surface area contributed by atoms with Crippen molar-refractivity contribution in [2.75, 3.05) is 0 Å². The summed E-state index contributed by atoms with van der Waals surface area (Å²) in [6.07, 6.45) is 0. The molecule has 0 atom stereocenters. The maximum atomic E-state index is 10.9. The van der Waals surface area contributed by atoms with E-state index in [1.54, 1.807) is 0 Å². The normalized spacial score (nSPS) is 11.4. The van der Waals surface area contributed by atoms with E-state index in [9.17, 15) is 13.2 Å². The lowest BCUT2D eigenvalue weighted by molar-refractivity contribution is -0.432. The minimum absolute atomic E-state index is 0.00609. The van der Waals surface area contributed by atoms with Gasteiger partial charge in [0, 0.05) is 4.90 Å². The summed E-state index contributed by atoms with van der Waals surface area (Å²) in [7, 11) is -4.54. The molecule has 0 aromatic heterocycles. The van der Waals surface area contributed by atoms with Crippen LogP contribution in [0.3, 0.4) is 0 Å². The van der Waals surface area contributed by atoms with E-state index >= 15 is 0 Å². The first kappa shape index (κ1) is 13.9. The summed E-state index contributed by atoms with van der Waals surface area (Å²) >= 11 is 0.371. The Balaban J connectivity index is 3.24. The minimum atomic E-state index is -4.54. The number of rotatable bonds is 5. The average molecular weight is 282 g/mol. The van der Waals surface area contributed by atoms with Crippen LogP contribution in [0.25, 0.3) is 0 Å². The molecule has 0 saturated carbocycles. The third-order valence-electron chi connectivity index (χ3n) is 1.59. The SMILES string of the molecule is O=C(O)c1cc(SOOO)cc(S(=O)(=O)O)c1. The van der Waals surface area contributed by atoms with E-state index in [4.69, 9.17) is 14.9 Å². The van der Waals surface area contributed by atoms with Crippen LogP contribution in [0.4, 0.5) is 0 Å². The van der Waals surface area contributed by atoms with Crippen LogP contribution in [0.1, 0.15) is 10.4 Å². The standard InChI is InChI=1S/C7H6O8S2/c8-7(9)4-1-5(16-15-14-10)3-6(2-4)17(11,12)13/h1-3,10H,(H,8,9)(H,11,12,13). The van der Waals surface area contributed by atoms with Crippen molar-refractivity contribution >= 4 is 28.1 Å². The molecular formula is C7H6O8S2. The zero-order valence-electron chi connectivity index (χ0n) is 7.93. The maximum Gasteiger partial charge on any atom is 0.335 e. The molecular weight excluding hydrogens is 276 g/mol. The van der Waals surface area contributed by atoms with Crippen molar-refractivity contribution in [3.63, 3.8) is 0 Å². The van der Waals surface area contributed by atoms with Gasteiger partial charge in [0.25, 0.3) is 10.1 Å². The summed E-state index contributed by atoms with van der Waals surface area (Å²) in [6, 6.07) is 2.80. The molecule has 0 fully saturated rings. The predicted molar refractivity (Wildman–Crippen MR) is 53.9 cm³/mol. The van der Waals surface area contributed by atoms with Crippen molar-refractivity contribution < 1.29 is 37.5 Å². The largest absolute Gasteiger partial charge is 0.478 e. The van der Waals surface area contributed by atoms with Crippen molar-refractivity contribution in [1.82, 2.24) is 0 Å². The van der Waals surface area contributed by atoms with Gasteiger partial charge >= 0.3 is 5.97 Å². The van der Waals surface area contributed by atoms with E-state index in [1.807, 2.05) is 0 Å². The first-order valence-electron chi connectivity index (χ1n) is 3.85. The van der Waals surface area contributed by atoms with Crippen LogP contribution >= 0.6 is 12.0 Å². The highest BCUT2D eigenvalue weighted by atomic mass is 32.2. The van der Waals surface area contributed by atoms with E-state index in [-0.39, 0.29) is 10.5 Å². The van der Waals surface area contributed by atoms with Gasteiger partial charge < -0.3 is 5.11 Å². The molecule has 1 aromatic rings. The lowest BCUT2D eigenvalue weighted by atomic mass is 10.2. The molecule has 0 aliphatic carbocycles. The fourth-order valence-electron chi connectivity index (χ4n) is 0.947. The summed E-state index contributed by atoms with van der Waals surface area (Å²) in [5, 5.41) is 19.9. The highest BCUT2D eigenvalue weighted by Crippen LogP contribution is 2.24. The molecule has 0 aliphatic heterocycles. The number of aromatic carboxylic acids is 1. The predicted octanol–water partition coefficient (Wildman–Crippen LogP) is 1.06. The highest BCUT2D eigenvalue weighted by molar-refractivity contribution is 7.94. The second-order valence-corrected chi connectivity index (χ2v) is 4.89. The Morgan fingerprint density at radius 1 is 1.29 bits per heavy atom. The van der Waals surface area contributed by atoms with Crippen LogP contribution in [0.5, 0.6) is 0 Å². The van der Waals surface area contributed by atoms with Crippen LogP contribution in [-0.2, 0) is 19.5 Å². The van der Waals surface area contributed by atoms with Crippen molar-refractivity contribution in [3.05, 3.63) is 23.8 Å². The molecule has 94 valence electrons. The Morgan fingerprint density at radius 2 is 1.94 bits per heavy atom. The third-order valence-corrected chi connectivity index (χ3v) is 2.97. The number of carboxylic acids is 1. The van der Waals surface area contributed by atoms with Gasteiger partial charge in [-0.05, 0) is 18.2 Å². The quantitative estimate of drug-likeness (QED) is 0.314. The van der Waals surface area contributed by atoms with Crippen LogP contribution < -0.4 is 0 Å². The highest BCUT2D eigenvalue weighted by Gasteiger charge is 2.15. The van der Waals surface area contributed by atoms with Crippen molar-refractivity contribution in [3.8, 4) is 0 Å². The lowest BCUT2D eigenvalue weighted by Gasteiger charge is -2.03. The molecule has 3 N–H and O–H groups in total. The Labute approximate surface area is 99.6 Å². The summed E-state index contributed by atoms with van der Waals surface area (Å²) in [6.45, 7) is 0. The fourth-order valence-corrected chi connectivity index (χ4v) is 2.03. The molecule has 0 heterocycles. The molecule has 17 heavy (non-hydrogen) atoms. The third kappa shape index (κ3) is 3.96. The summed E-state index contributed by atoms with van der Waals surface area (Å²) in [4.78, 5) is 10.1. The smallest absolute Gasteiger partial charge is 0.335 e. The van der Waals surface area contributed by atoms with Gasteiger partial charge in [-0.15, -0.1) is 4.33 Å². The maximum absolute atomic E-state index is 10.9. The van der Waals surface area contributed by atoms with Gasteiger partial charge in [-0.25, -0.2) is 10.1 Å². The van der Waals surface area contributed by atoms with Crippen LogP contribution in [0.2, 0.25) is 0 Å². The van der Waals surface area contributed by atoms with Crippen LogP contribution in [-0.4, -0.2) is 29.3 Å². The van der Waals surface area contributed by atoms with Gasteiger partial charge in [-0.1, -0.05) is 5.04 Å². The summed E-state index contributed by atoms with van der Waals surface area (Å²) in [5.41, 5.74) is -0.371. The molecule has 0 spiro atoms. The van der Waals surface area contributed by atoms with Gasteiger partial charge in [-0.3, -0.25) is 4.55 Å². The van der Waals surface area contributed by atoms with Gasteiger partial charge in [-0.2, -0.15) is 8.42 Å². The number of carboxylic acid groups (broad SMARTS) is 1. The summed E-state index contributed by atoms with van der Waals surface area (Å²) < 4.78 is 34.5. The van der Waals surface area contributed by atoms with Crippen molar-refractivity contribution in [1.29, 1.82) is 0 Å². The minimum Gasteiger partial charge on any atom is -0.478 e. The molecule has 8 nitrogen and oxygen atoms in total. The Morgan fingerprint density at radius 3 is 2.41 bits per heavy atom. The first-order valence-corrected chi connectivity index (χ1v) is 6.03. The number of hydrogen-bond donors (Lipinski definition) is 3. The van der Waals surface area contributed by atoms with Gasteiger partial charge in [0.1, 0.15) is 0 Å². The first-order chi connectivity index (χ1) is 7.84. The molecule has 0 aliphatic rings. The Bertz CT molecular complexity index is 523. The van der Waals surface area contributed by atoms with Crippen molar-refractivity contribution in [2.45, 2.75) is 9.79 Å². The molecule has 0 unspecified atom stereocenters. The molecule has 0 bridgehead atoms. The Hall–Kier alpha value is -1.17. The second kappa shape index (κ2) is 5.44. The lowest BCUT2D eigenvalue weighted by Crippen LogP contribution is -2.03. The number of carbonyl (C=O) groups is 1. The van der Waals surface area contributed by atoms with E-state index in [0.717, 1.165) is 18.2 Å². The number of benzene rings is 1. The second-order valence-electron chi connectivity index (χ2n) is 2.70. The summed E-state index contributed by atoms with van der Waals surface area (Å²) in [5.74, 6) is -1.39.